The molecular weight excluding hydrogens is 192 g/mol. The van der Waals surface area contributed by atoms with E-state index in [9.17, 15) is 0 Å². The summed E-state index contributed by atoms with van der Waals surface area (Å²) in [5.41, 5.74) is 0.921. The number of hydrogen-bond donors (Lipinski definition) is 1. The molecule has 80 valence electrons. The average molecular weight is 206 g/mol. The number of hydrogen-bond acceptors (Lipinski definition) is 4. The summed E-state index contributed by atoms with van der Waals surface area (Å²) < 4.78 is 10.5. The highest BCUT2D eigenvalue weighted by Gasteiger charge is 2.06. The number of nitrogens with zero attached hydrogens (tertiary/aromatic N) is 1. The van der Waals surface area contributed by atoms with Crippen molar-refractivity contribution in [3.63, 3.8) is 0 Å². The third-order valence-electron chi connectivity index (χ3n) is 2.06. The van der Waals surface area contributed by atoms with E-state index in [1.165, 1.54) is 0 Å². The molecule has 4 heteroatoms. The van der Waals surface area contributed by atoms with Crippen molar-refractivity contribution < 1.29 is 8.83 Å². The van der Waals surface area contributed by atoms with E-state index >= 15 is 0 Å². The Balaban J connectivity index is 1.98. The smallest absolute Gasteiger partial charge is 0.208 e. The van der Waals surface area contributed by atoms with Gasteiger partial charge in [-0.05, 0) is 19.0 Å². The molecule has 0 unspecified atom stereocenters. The molecule has 0 aliphatic heterocycles. The standard InChI is InChI=1S/C11H14N2O2/c1-2-4-12-7-11-13-6-10(15-11)9-3-5-14-8-9/h3,5-6,8,12H,2,4,7H2,1H3. The Kier molecular flexibility index (Phi) is 3.19. The monoisotopic (exact) mass is 206 g/mol. The lowest BCUT2D eigenvalue weighted by atomic mass is 10.3. The van der Waals surface area contributed by atoms with Gasteiger partial charge in [-0.1, -0.05) is 6.92 Å². The number of nitrogens with one attached hydrogen (secondary N) is 1. The fourth-order valence-corrected chi connectivity index (χ4v) is 1.30. The maximum Gasteiger partial charge on any atom is 0.208 e. The van der Waals surface area contributed by atoms with Crippen molar-refractivity contribution in [3.8, 4) is 11.3 Å². The van der Waals surface area contributed by atoms with Crippen LogP contribution in [0.5, 0.6) is 0 Å². The highest BCUT2D eigenvalue weighted by molar-refractivity contribution is 5.53. The third kappa shape index (κ3) is 2.47. The normalized spacial score (nSPS) is 10.7. The van der Waals surface area contributed by atoms with E-state index in [4.69, 9.17) is 8.83 Å². The molecule has 0 saturated carbocycles. The topological polar surface area (TPSA) is 51.2 Å². The second kappa shape index (κ2) is 4.79. The molecule has 0 aromatic carbocycles. The molecule has 0 saturated heterocycles. The molecule has 0 aliphatic carbocycles. The van der Waals surface area contributed by atoms with Crippen molar-refractivity contribution in [1.82, 2.24) is 10.3 Å². The molecular formula is C11H14N2O2. The molecule has 2 rings (SSSR count). The Bertz CT molecular complexity index is 392. The van der Waals surface area contributed by atoms with Gasteiger partial charge in [-0.2, -0.15) is 0 Å². The van der Waals surface area contributed by atoms with E-state index < -0.39 is 0 Å². The molecule has 0 atom stereocenters. The van der Waals surface area contributed by atoms with Crippen LogP contribution in [0, 0.1) is 0 Å². The largest absolute Gasteiger partial charge is 0.472 e. The summed E-state index contributed by atoms with van der Waals surface area (Å²) in [7, 11) is 0. The Morgan fingerprint density at radius 3 is 3.13 bits per heavy atom. The van der Waals surface area contributed by atoms with Crippen LogP contribution in [0.15, 0.2) is 33.6 Å². The second-order valence-corrected chi connectivity index (χ2v) is 3.31. The zero-order valence-corrected chi connectivity index (χ0v) is 8.69. The molecule has 2 aromatic heterocycles. The van der Waals surface area contributed by atoms with E-state index in [1.54, 1.807) is 18.7 Å². The minimum absolute atomic E-state index is 0.672. The number of furan rings is 1. The first kappa shape index (κ1) is 9.98. The SMILES string of the molecule is CCCNCc1ncc(-c2ccoc2)o1. The Morgan fingerprint density at radius 1 is 1.47 bits per heavy atom. The molecule has 0 fully saturated rings. The van der Waals surface area contributed by atoms with Crippen LogP contribution in [0.4, 0.5) is 0 Å². The van der Waals surface area contributed by atoms with Crippen molar-refractivity contribution in [1.29, 1.82) is 0 Å². The molecule has 2 aromatic rings. The zero-order valence-electron chi connectivity index (χ0n) is 8.69. The van der Waals surface area contributed by atoms with Crippen molar-refractivity contribution in [2.75, 3.05) is 6.54 Å². The Morgan fingerprint density at radius 2 is 2.40 bits per heavy atom. The van der Waals surface area contributed by atoms with Gasteiger partial charge >= 0.3 is 0 Å². The minimum Gasteiger partial charge on any atom is -0.472 e. The van der Waals surface area contributed by atoms with Crippen LogP contribution in [0.2, 0.25) is 0 Å². The van der Waals surface area contributed by atoms with Gasteiger partial charge in [0.2, 0.25) is 5.89 Å². The summed E-state index contributed by atoms with van der Waals surface area (Å²) in [6.45, 7) is 3.77. The molecule has 2 heterocycles. The van der Waals surface area contributed by atoms with E-state index in [0.717, 1.165) is 24.3 Å². The molecule has 4 nitrogen and oxygen atoms in total. The van der Waals surface area contributed by atoms with E-state index in [-0.39, 0.29) is 0 Å². The molecule has 0 spiro atoms. The second-order valence-electron chi connectivity index (χ2n) is 3.31. The van der Waals surface area contributed by atoms with Gasteiger partial charge in [-0.25, -0.2) is 4.98 Å². The summed E-state index contributed by atoms with van der Waals surface area (Å²) in [6, 6.07) is 1.85. The van der Waals surface area contributed by atoms with Crippen molar-refractivity contribution >= 4 is 0 Å². The highest BCUT2D eigenvalue weighted by Crippen LogP contribution is 2.20. The van der Waals surface area contributed by atoms with Gasteiger partial charge in [0.1, 0.15) is 6.26 Å². The summed E-state index contributed by atoms with van der Waals surface area (Å²) in [5.74, 6) is 1.46. The Hall–Kier alpha value is -1.55. The summed E-state index contributed by atoms with van der Waals surface area (Å²) >= 11 is 0. The van der Waals surface area contributed by atoms with Crippen LogP contribution in [-0.4, -0.2) is 11.5 Å². The van der Waals surface area contributed by atoms with Crippen LogP contribution in [0.1, 0.15) is 19.2 Å². The first-order valence-electron chi connectivity index (χ1n) is 5.08. The van der Waals surface area contributed by atoms with Gasteiger partial charge in [0, 0.05) is 0 Å². The summed E-state index contributed by atoms with van der Waals surface area (Å²) in [4.78, 5) is 4.17. The third-order valence-corrected chi connectivity index (χ3v) is 2.06. The lowest BCUT2D eigenvalue weighted by Gasteiger charge is -1.97. The number of oxazole rings is 1. The van der Waals surface area contributed by atoms with Gasteiger partial charge in [-0.15, -0.1) is 0 Å². The van der Waals surface area contributed by atoms with Gasteiger partial charge in [0.05, 0.1) is 24.6 Å². The predicted octanol–water partition coefficient (Wildman–Crippen LogP) is 2.43. The van der Waals surface area contributed by atoms with Crippen LogP contribution in [0.25, 0.3) is 11.3 Å². The first-order chi connectivity index (χ1) is 7.40. The van der Waals surface area contributed by atoms with Crippen molar-refractivity contribution in [2.24, 2.45) is 0 Å². The van der Waals surface area contributed by atoms with Crippen LogP contribution < -0.4 is 5.32 Å². The first-order valence-corrected chi connectivity index (χ1v) is 5.08. The van der Waals surface area contributed by atoms with E-state index in [2.05, 4.69) is 17.2 Å². The predicted molar refractivity (Wildman–Crippen MR) is 56.2 cm³/mol. The van der Waals surface area contributed by atoms with Crippen LogP contribution in [0.3, 0.4) is 0 Å². The quantitative estimate of drug-likeness (QED) is 0.763. The molecule has 0 bridgehead atoms. The van der Waals surface area contributed by atoms with Crippen LogP contribution >= 0.6 is 0 Å². The maximum atomic E-state index is 5.54. The molecule has 1 N–H and O–H groups in total. The highest BCUT2D eigenvalue weighted by atomic mass is 16.4. The maximum absolute atomic E-state index is 5.54. The van der Waals surface area contributed by atoms with Gasteiger partial charge in [-0.3, -0.25) is 0 Å². The minimum atomic E-state index is 0.672. The summed E-state index contributed by atoms with van der Waals surface area (Å²) in [5, 5.41) is 3.23. The Labute approximate surface area is 88.3 Å². The van der Waals surface area contributed by atoms with Gasteiger partial charge < -0.3 is 14.2 Å². The molecule has 0 amide bonds. The van der Waals surface area contributed by atoms with Crippen molar-refractivity contribution in [2.45, 2.75) is 19.9 Å². The van der Waals surface area contributed by atoms with Gasteiger partial charge in [0.25, 0.3) is 0 Å². The van der Waals surface area contributed by atoms with Crippen LogP contribution in [-0.2, 0) is 6.54 Å². The van der Waals surface area contributed by atoms with E-state index in [0.29, 0.717) is 12.4 Å². The average Bonchev–Trinajstić information content (AvgIpc) is 2.87. The summed E-state index contributed by atoms with van der Waals surface area (Å²) in [6.07, 6.45) is 6.08. The van der Waals surface area contributed by atoms with E-state index in [1.807, 2.05) is 6.07 Å². The number of aromatic nitrogens is 1. The zero-order chi connectivity index (χ0) is 10.5. The fraction of sp³-hybridized carbons (Fsp3) is 0.364. The van der Waals surface area contributed by atoms with Crippen molar-refractivity contribution in [3.05, 3.63) is 30.7 Å². The molecule has 0 aliphatic rings. The molecule has 15 heavy (non-hydrogen) atoms. The lowest BCUT2D eigenvalue weighted by Crippen LogP contribution is -2.13. The fourth-order valence-electron chi connectivity index (χ4n) is 1.30. The lowest BCUT2D eigenvalue weighted by molar-refractivity contribution is 0.477. The van der Waals surface area contributed by atoms with Gasteiger partial charge in [0.15, 0.2) is 5.76 Å². The number of rotatable bonds is 5. The molecule has 0 radical (unpaired) electrons.